The smallest absolute Gasteiger partial charge is 0.293 e. The number of nitrogens with zero attached hydrogens (tertiary/aromatic N) is 4. The van der Waals surface area contributed by atoms with Gasteiger partial charge in [-0.3, -0.25) is 4.79 Å². The average molecular weight is 310 g/mol. The van der Waals surface area contributed by atoms with Gasteiger partial charge in [-0.15, -0.1) is 0 Å². The second-order valence-electron chi connectivity index (χ2n) is 5.97. The number of piperidine rings is 1. The van der Waals surface area contributed by atoms with Gasteiger partial charge in [0.15, 0.2) is 17.3 Å². The zero-order valence-corrected chi connectivity index (χ0v) is 13.0. The van der Waals surface area contributed by atoms with Gasteiger partial charge in [0.1, 0.15) is 5.52 Å². The number of fused-ring (bicyclic) bond motifs is 1. The lowest BCUT2D eigenvalue weighted by Crippen LogP contribution is -2.39. The lowest BCUT2D eigenvalue weighted by molar-refractivity contribution is 0.411. The Morgan fingerprint density at radius 3 is 3.04 bits per heavy atom. The summed E-state index contributed by atoms with van der Waals surface area (Å²) in [6.45, 7) is 1.54. The van der Waals surface area contributed by atoms with E-state index in [0.717, 1.165) is 36.4 Å². The quantitative estimate of drug-likeness (QED) is 0.727. The molecule has 6 nitrogen and oxygen atoms in total. The zero-order chi connectivity index (χ0) is 15.8. The highest BCUT2D eigenvalue weighted by atomic mass is 16.3. The third-order valence-corrected chi connectivity index (χ3v) is 4.38. The van der Waals surface area contributed by atoms with E-state index in [4.69, 9.17) is 4.42 Å². The maximum Gasteiger partial charge on any atom is 0.293 e. The molecule has 3 aromatic rings. The summed E-state index contributed by atoms with van der Waals surface area (Å²) >= 11 is 0. The number of benzene rings is 1. The number of aromatic nitrogens is 3. The fraction of sp³-hybridized carbons (Fsp3) is 0.353. The summed E-state index contributed by atoms with van der Waals surface area (Å²) < 4.78 is 7.47. The van der Waals surface area contributed by atoms with Crippen LogP contribution < -0.4 is 10.5 Å². The van der Waals surface area contributed by atoms with Gasteiger partial charge in [0.05, 0.1) is 5.92 Å². The van der Waals surface area contributed by atoms with Crippen LogP contribution in [0.1, 0.15) is 24.7 Å². The molecule has 0 aliphatic carbocycles. The van der Waals surface area contributed by atoms with E-state index in [1.54, 1.807) is 24.0 Å². The third-order valence-electron chi connectivity index (χ3n) is 4.38. The molecular weight excluding hydrogens is 292 g/mol. The van der Waals surface area contributed by atoms with Gasteiger partial charge < -0.3 is 13.9 Å². The molecule has 6 heteroatoms. The van der Waals surface area contributed by atoms with Gasteiger partial charge in [-0.05, 0) is 25.0 Å². The summed E-state index contributed by atoms with van der Waals surface area (Å²) in [6.07, 6.45) is 5.34. The van der Waals surface area contributed by atoms with E-state index in [0.29, 0.717) is 12.4 Å². The number of rotatable bonds is 2. The van der Waals surface area contributed by atoms with Crippen molar-refractivity contribution < 1.29 is 4.42 Å². The van der Waals surface area contributed by atoms with Crippen molar-refractivity contribution in [2.75, 3.05) is 18.0 Å². The summed E-state index contributed by atoms with van der Waals surface area (Å²) in [7, 11) is 1.75. The van der Waals surface area contributed by atoms with Crippen LogP contribution in [0.5, 0.6) is 0 Å². The predicted octanol–water partition coefficient (Wildman–Crippen LogP) is 2.31. The number of anilines is 1. The van der Waals surface area contributed by atoms with Crippen molar-refractivity contribution >= 4 is 16.9 Å². The Morgan fingerprint density at radius 1 is 1.30 bits per heavy atom. The molecule has 3 heterocycles. The number of hydrogen-bond donors (Lipinski definition) is 0. The Hall–Kier alpha value is -2.63. The maximum atomic E-state index is 12.3. The van der Waals surface area contributed by atoms with Crippen molar-refractivity contribution in [2.45, 2.75) is 18.8 Å². The van der Waals surface area contributed by atoms with E-state index < -0.39 is 0 Å². The lowest BCUT2D eigenvalue weighted by atomic mass is 9.98. The van der Waals surface area contributed by atoms with E-state index >= 15 is 0 Å². The molecule has 1 aliphatic rings. The molecule has 1 unspecified atom stereocenters. The first-order valence-corrected chi connectivity index (χ1v) is 7.84. The van der Waals surface area contributed by atoms with Gasteiger partial charge in [0, 0.05) is 32.5 Å². The maximum absolute atomic E-state index is 12.3. The minimum absolute atomic E-state index is 0.0642. The first-order chi connectivity index (χ1) is 11.2. The minimum atomic E-state index is -0.0642. The average Bonchev–Trinajstić information content (AvgIpc) is 3.02. The first kappa shape index (κ1) is 14.0. The molecule has 1 aliphatic heterocycles. The zero-order valence-electron chi connectivity index (χ0n) is 13.0. The van der Waals surface area contributed by atoms with Crippen LogP contribution in [0.3, 0.4) is 0 Å². The molecular formula is C17H18N4O2. The van der Waals surface area contributed by atoms with Crippen molar-refractivity contribution in [1.29, 1.82) is 0 Å². The van der Waals surface area contributed by atoms with Crippen LogP contribution in [0.4, 0.5) is 5.82 Å². The largest absolute Gasteiger partial charge is 0.440 e. The molecule has 0 radical (unpaired) electrons. The predicted molar refractivity (Wildman–Crippen MR) is 87.7 cm³/mol. The highest BCUT2D eigenvalue weighted by Gasteiger charge is 2.27. The molecule has 1 atom stereocenters. The summed E-state index contributed by atoms with van der Waals surface area (Å²) in [5, 5.41) is 0. The highest BCUT2D eigenvalue weighted by molar-refractivity contribution is 5.72. The van der Waals surface area contributed by atoms with Crippen molar-refractivity contribution in [3.8, 4) is 0 Å². The van der Waals surface area contributed by atoms with E-state index in [1.807, 2.05) is 29.2 Å². The molecule has 0 bridgehead atoms. The highest BCUT2D eigenvalue weighted by Crippen LogP contribution is 2.29. The standard InChI is InChI=1S/C17H18N4O2/c1-20-10-8-18-15(17(20)22)21-9-4-5-12(11-21)16-19-13-6-2-3-7-14(13)23-16/h2-3,6-8,10,12H,4-5,9,11H2,1H3. The van der Waals surface area contributed by atoms with Gasteiger partial charge in [-0.1, -0.05) is 12.1 Å². The van der Waals surface area contributed by atoms with Gasteiger partial charge in [0.2, 0.25) is 0 Å². The Bertz CT molecular complexity index is 866. The summed E-state index contributed by atoms with van der Waals surface area (Å²) in [4.78, 5) is 23.2. The topological polar surface area (TPSA) is 64.2 Å². The van der Waals surface area contributed by atoms with Crippen LogP contribution >= 0.6 is 0 Å². The second-order valence-corrected chi connectivity index (χ2v) is 5.97. The molecule has 1 aromatic carbocycles. The number of aryl methyl sites for hydroxylation is 1. The summed E-state index contributed by atoms with van der Waals surface area (Å²) in [5.74, 6) is 1.45. The minimum Gasteiger partial charge on any atom is -0.440 e. The van der Waals surface area contributed by atoms with Crippen LogP contribution in [-0.2, 0) is 7.05 Å². The molecule has 2 aromatic heterocycles. The SMILES string of the molecule is Cn1ccnc(N2CCCC(c3nc4ccccc4o3)C2)c1=O. The van der Waals surface area contributed by atoms with Crippen LogP contribution in [0.15, 0.2) is 45.9 Å². The number of hydrogen-bond acceptors (Lipinski definition) is 5. The van der Waals surface area contributed by atoms with Gasteiger partial charge in [-0.2, -0.15) is 0 Å². The third kappa shape index (κ3) is 2.50. The Labute approximate surface area is 133 Å². The van der Waals surface area contributed by atoms with Crippen molar-refractivity contribution in [3.05, 3.63) is 52.9 Å². The van der Waals surface area contributed by atoms with Crippen molar-refractivity contribution in [1.82, 2.24) is 14.5 Å². The molecule has 4 rings (SSSR count). The van der Waals surface area contributed by atoms with Crippen LogP contribution in [-0.4, -0.2) is 27.6 Å². The van der Waals surface area contributed by atoms with E-state index in [-0.39, 0.29) is 11.5 Å². The number of oxazole rings is 1. The normalized spacial score (nSPS) is 18.5. The van der Waals surface area contributed by atoms with E-state index in [9.17, 15) is 4.79 Å². The molecule has 0 N–H and O–H groups in total. The molecule has 118 valence electrons. The monoisotopic (exact) mass is 310 g/mol. The molecule has 1 fully saturated rings. The fourth-order valence-corrected chi connectivity index (χ4v) is 3.14. The van der Waals surface area contributed by atoms with Gasteiger partial charge in [-0.25, -0.2) is 9.97 Å². The first-order valence-electron chi connectivity index (χ1n) is 7.84. The molecule has 0 spiro atoms. The summed E-state index contributed by atoms with van der Waals surface area (Å²) in [6, 6.07) is 7.79. The van der Waals surface area contributed by atoms with E-state index in [2.05, 4.69) is 9.97 Å². The lowest BCUT2D eigenvalue weighted by Gasteiger charge is -2.31. The molecule has 0 saturated carbocycles. The van der Waals surface area contributed by atoms with E-state index in [1.165, 1.54) is 0 Å². The molecule has 1 saturated heterocycles. The van der Waals surface area contributed by atoms with Crippen molar-refractivity contribution in [2.24, 2.45) is 7.05 Å². The summed E-state index contributed by atoms with van der Waals surface area (Å²) in [5.41, 5.74) is 1.63. The van der Waals surface area contributed by atoms with Gasteiger partial charge >= 0.3 is 0 Å². The van der Waals surface area contributed by atoms with Crippen LogP contribution in [0.25, 0.3) is 11.1 Å². The van der Waals surface area contributed by atoms with Crippen LogP contribution in [0, 0.1) is 0 Å². The Kier molecular flexibility index (Phi) is 3.37. The van der Waals surface area contributed by atoms with Crippen molar-refractivity contribution in [3.63, 3.8) is 0 Å². The Balaban J connectivity index is 1.64. The second kappa shape index (κ2) is 5.53. The number of para-hydroxylation sites is 2. The Morgan fingerprint density at radius 2 is 2.17 bits per heavy atom. The molecule has 0 amide bonds. The van der Waals surface area contributed by atoms with Crippen LogP contribution in [0.2, 0.25) is 0 Å². The van der Waals surface area contributed by atoms with Gasteiger partial charge in [0.25, 0.3) is 5.56 Å². The fourth-order valence-electron chi connectivity index (χ4n) is 3.14. The molecule has 23 heavy (non-hydrogen) atoms.